The molecule has 3 N–H and O–H groups in total. The lowest BCUT2D eigenvalue weighted by atomic mass is 10.1. The van der Waals surface area contributed by atoms with E-state index in [0.717, 1.165) is 34.3 Å². The van der Waals surface area contributed by atoms with E-state index < -0.39 is 0 Å². The third kappa shape index (κ3) is 3.12. The number of benzene rings is 1. The highest BCUT2D eigenvalue weighted by Crippen LogP contribution is 2.22. The zero-order chi connectivity index (χ0) is 17.2. The molecule has 4 aromatic rings. The monoisotopic (exact) mass is 331 g/mol. The first-order valence-electron chi connectivity index (χ1n) is 7.91. The SMILES string of the molecule is Cc1nc(Cc2ccc(-n3ccnc3-c3ccnc(N)c3)cc2)n[nH]1. The fourth-order valence-electron chi connectivity index (χ4n) is 2.74. The van der Waals surface area contributed by atoms with Crippen molar-refractivity contribution in [2.45, 2.75) is 13.3 Å². The summed E-state index contributed by atoms with van der Waals surface area (Å²) in [6.07, 6.45) is 6.09. The Morgan fingerprint density at radius 1 is 1.08 bits per heavy atom. The second-order valence-electron chi connectivity index (χ2n) is 5.77. The number of anilines is 1. The van der Waals surface area contributed by atoms with Gasteiger partial charge in [-0.1, -0.05) is 12.1 Å². The molecule has 0 amide bonds. The average molecular weight is 331 g/mol. The summed E-state index contributed by atoms with van der Waals surface area (Å²) in [6.45, 7) is 1.89. The van der Waals surface area contributed by atoms with Gasteiger partial charge >= 0.3 is 0 Å². The summed E-state index contributed by atoms with van der Waals surface area (Å²) in [5.41, 5.74) is 8.89. The molecule has 4 rings (SSSR count). The number of imidazole rings is 1. The number of aromatic amines is 1. The molecule has 7 heteroatoms. The van der Waals surface area contributed by atoms with Crippen molar-refractivity contribution in [2.24, 2.45) is 0 Å². The van der Waals surface area contributed by atoms with Gasteiger partial charge < -0.3 is 5.73 Å². The van der Waals surface area contributed by atoms with Crippen molar-refractivity contribution >= 4 is 5.82 Å². The van der Waals surface area contributed by atoms with Gasteiger partial charge in [-0.15, -0.1) is 0 Å². The van der Waals surface area contributed by atoms with Crippen LogP contribution in [0.4, 0.5) is 5.82 Å². The summed E-state index contributed by atoms with van der Waals surface area (Å²) in [7, 11) is 0. The van der Waals surface area contributed by atoms with Crippen LogP contribution < -0.4 is 5.73 Å². The standard InChI is InChI=1S/C18H17N7/c1-12-22-17(24-23-12)10-13-2-4-15(5-3-13)25-9-8-21-18(25)14-6-7-20-16(19)11-14/h2-9,11H,10H2,1H3,(H2,19,20)(H,22,23,24). The maximum Gasteiger partial charge on any atom is 0.155 e. The minimum absolute atomic E-state index is 0.476. The van der Waals surface area contributed by atoms with E-state index in [2.05, 4.69) is 49.4 Å². The number of nitrogen functional groups attached to an aromatic ring is 1. The van der Waals surface area contributed by atoms with Crippen molar-refractivity contribution in [3.8, 4) is 17.1 Å². The van der Waals surface area contributed by atoms with Crippen molar-refractivity contribution in [3.05, 3.63) is 72.2 Å². The van der Waals surface area contributed by atoms with E-state index in [9.17, 15) is 0 Å². The van der Waals surface area contributed by atoms with Crippen LogP contribution in [0.5, 0.6) is 0 Å². The number of aryl methyl sites for hydroxylation is 1. The second-order valence-corrected chi connectivity index (χ2v) is 5.77. The van der Waals surface area contributed by atoms with Gasteiger partial charge in [-0.25, -0.2) is 15.0 Å². The highest BCUT2D eigenvalue weighted by atomic mass is 15.2. The molecule has 0 saturated heterocycles. The predicted octanol–water partition coefficient (Wildman–Crippen LogP) is 2.53. The Balaban J connectivity index is 1.62. The molecule has 3 heterocycles. The molecular weight excluding hydrogens is 314 g/mol. The Kier molecular flexibility index (Phi) is 3.74. The van der Waals surface area contributed by atoms with E-state index in [4.69, 9.17) is 5.73 Å². The Morgan fingerprint density at radius 2 is 1.92 bits per heavy atom. The molecule has 0 aliphatic rings. The van der Waals surface area contributed by atoms with Crippen LogP contribution >= 0.6 is 0 Å². The molecule has 0 spiro atoms. The number of H-pyrrole nitrogens is 1. The molecule has 0 bridgehead atoms. The maximum atomic E-state index is 5.79. The summed E-state index contributed by atoms with van der Waals surface area (Å²) in [6, 6.07) is 12.0. The van der Waals surface area contributed by atoms with Gasteiger partial charge in [0.15, 0.2) is 5.82 Å². The van der Waals surface area contributed by atoms with Gasteiger partial charge in [0.1, 0.15) is 17.5 Å². The van der Waals surface area contributed by atoms with Crippen LogP contribution in [0.2, 0.25) is 0 Å². The van der Waals surface area contributed by atoms with E-state index >= 15 is 0 Å². The third-order valence-electron chi connectivity index (χ3n) is 3.90. The van der Waals surface area contributed by atoms with Crippen molar-refractivity contribution in [1.82, 2.24) is 29.7 Å². The molecule has 0 atom stereocenters. The van der Waals surface area contributed by atoms with E-state index in [1.807, 2.05) is 29.8 Å². The molecule has 1 aromatic carbocycles. The molecule has 25 heavy (non-hydrogen) atoms. The number of hydrogen-bond acceptors (Lipinski definition) is 5. The number of nitrogens with zero attached hydrogens (tertiary/aromatic N) is 5. The minimum Gasteiger partial charge on any atom is -0.384 e. The number of hydrogen-bond donors (Lipinski definition) is 2. The molecule has 3 aromatic heterocycles. The molecule has 0 aliphatic carbocycles. The number of pyridine rings is 1. The van der Waals surface area contributed by atoms with E-state index in [1.165, 1.54) is 0 Å². The molecule has 7 nitrogen and oxygen atoms in total. The summed E-state index contributed by atoms with van der Waals surface area (Å²) >= 11 is 0. The predicted molar refractivity (Wildman–Crippen MR) is 95.1 cm³/mol. The smallest absolute Gasteiger partial charge is 0.155 e. The summed E-state index contributed by atoms with van der Waals surface area (Å²) in [5, 5.41) is 7.04. The van der Waals surface area contributed by atoms with Crippen LogP contribution in [0.25, 0.3) is 17.1 Å². The van der Waals surface area contributed by atoms with E-state index in [0.29, 0.717) is 12.2 Å². The van der Waals surface area contributed by atoms with Gasteiger partial charge in [-0.3, -0.25) is 9.67 Å². The Bertz CT molecular complexity index is 998. The lowest BCUT2D eigenvalue weighted by molar-refractivity contribution is 0.967. The highest BCUT2D eigenvalue weighted by Gasteiger charge is 2.09. The van der Waals surface area contributed by atoms with Crippen molar-refractivity contribution in [2.75, 3.05) is 5.73 Å². The number of aromatic nitrogens is 6. The van der Waals surface area contributed by atoms with Gasteiger partial charge in [-0.05, 0) is 36.8 Å². The summed E-state index contributed by atoms with van der Waals surface area (Å²) in [4.78, 5) is 12.8. The Hall–Kier alpha value is -3.48. The minimum atomic E-state index is 0.476. The van der Waals surface area contributed by atoms with E-state index in [-0.39, 0.29) is 0 Å². The zero-order valence-corrected chi connectivity index (χ0v) is 13.7. The second kappa shape index (κ2) is 6.20. The molecule has 124 valence electrons. The normalized spacial score (nSPS) is 10.9. The molecule has 0 aliphatic heterocycles. The number of nitrogens with two attached hydrogens (primary N) is 1. The van der Waals surface area contributed by atoms with Gasteiger partial charge in [0.2, 0.25) is 0 Å². The van der Waals surface area contributed by atoms with Crippen LogP contribution in [-0.4, -0.2) is 29.7 Å². The van der Waals surface area contributed by atoms with Gasteiger partial charge in [0.05, 0.1) is 0 Å². The van der Waals surface area contributed by atoms with Gasteiger partial charge in [0, 0.05) is 36.3 Å². The van der Waals surface area contributed by atoms with Crippen LogP contribution in [0.3, 0.4) is 0 Å². The molecule has 0 saturated carbocycles. The first-order valence-corrected chi connectivity index (χ1v) is 7.91. The maximum absolute atomic E-state index is 5.79. The number of rotatable bonds is 4. The topological polar surface area (TPSA) is 98.3 Å². The molecule has 0 fully saturated rings. The Labute approximate surface area is 144 Å². The molecule has 0 radical (unpaired) electrons. The first-order chi connectivity index (χ1) is 12.2. The fraction of sp³-hybridized carbons (Fsp3) is 0.111. The Morgan fingerprint density at radius 3 is 2.64 bits per heavy atom. The molecular formula is C18H17N7. The van der Waals surface area contributed by atoms with Crippen LogP contribution in [0.1, 0.15) is 17.2 Å². The fourth-order valence-corrected chi connectivity index (χ4v) is 2.74. The van der Waals surface area contributed by atoms with Crippen LogP contribution in [0, 0.1) is 6.92 Å². The quantitative estimate of drug-likeness (QED) is 0.599. The van der Waals surface area contributed by atoms with Crippen molar-refractivity contribution < 1.29 is 0 Å². The summed E-state index contributed by atoms with van der Waals surface area (Å²) < 4.78 is 2.02. The van der Waals surface area contributed by atoms with Gasteiger partial charge in [-0.2, -0.15) is 5.10 Å². The number of nitrogens with one attached hydrogen (secondary N) is 1. The lowest BCUT2D eigenvalue weighted by Gasteiger charge is -2.09. The lowest BCUT2D eigenvalue weighted by Crippen LogP contribution is -1.98. The third-order valence-corrected chi connectivity index (χ3v) is 3.90. The van der Waals surface area contributed by atoms with Crippen LogP contribution in [-0.2, 0) is 6.42 Å². The zero-order valence-electron chi connectivity index (χ0n) is 13.7. The van der Waals surface area contributed by atoms with Crippen molar-refractivity contribution in [3.63, 3.8) is 0 Å². The van der Waals surface area contributed by atoms with Gasteiger partial charge in [0.25, 0.3) is 0 Å². The average Bonchev–Trinajstić information content (AvgIpc) is 3.25. The van der Waals surface area contributed by atoms with Crippen molar-refractivity contribution in [1.29, 1.82) is 0 Å². The highest BCUT2D eigenvalue weighted by molar-refractivity contribution is 5.61. The van der Waals surface area contributed by atoms with E-state index in [1.54, 1.807) is 12.4 Å². The van der Waals surface area contributed by atoms with Crippen LogP contribution in [0.15, 0.2) is 55.0 Å². The summed E-state index contributed by atoms with van der Waals surface area (Å²) in [5.74, 6) is 2.92. The molecule has 0 unspecified atom stereocenters. The largest absolute Gasteiger partial charge is 0.384 e. The first kappa shape index (κ1) is 15.1.